The van der Waals surface area contributed by atoms with E-state index in [0.717, 1.165) is 6.42 Å². The largest absolute Gasteiger partial charge is 0.444 e. The van der Waals surface area contributed by atoms with Crippen molar-refractivity contribution in [2.24, 2.45) is 7.05 Å². The van der Waals surface area contributed by atoms with E-state index in [2.05, 4.69) is 20.4 Å². The number of hydrogen-bond acceptors (Lipinski definition) is 6. The molecule has 0 saturated carbocycles. The van der Waals surface area contributed by atoms with Crippen molar-refractivity contribution in [3.8, 4) is 22.6 Å². The number of pyridine rings is 1. The molecule has 138 valence electrons. The first kappa shape index (κ1) is 17.1. The number of aromatic nitrogens is 5. The number of nitrogens with zero attached hydrogens (tertiary/aromatic N) is 6. The molecular formula is C18H17FN6O2. The molecule has 3 heterocycles. The molecule has 9 heteroatoms. The summed E-state index contributed by atoms with van der Waals surface area (Å²) in [4.78, 5) is 19.0. The van der Waals surface area contributed by atoms with Gasteiger partial charge in [-0.3, -0.25) is 9.88 Å². The highest BCUT2D eigenvalue weighted by Crippen LogP contribution is 2.29. The number of halogens is 1. The SMILES string of the molecule is CCC1CN(c2ccc(-c3ccc(-c4nnn(C)n4)nc3)c(F)c2)C(=O)O1. The molecule has 0 N–H and O–H groups in total. The lowest BCUT2D eigenvalue weighted by molar-refractivity contribution is 0.139. The van der Waals surface area contributed by atoms with Gasteiger partial charge in [-0.05, 0) is 35.9 Å². The van der Waals surface area contributed by atoms with Crippen LogP contribution in [-0.4, -0.2) is 43.9 Å². The number of cyclic esters (lactones) is 1. The second-order valence-electron chi connectivity index (χ2n) is 6.22. The van der Waals surface area contributed by atoms with Crippen LogP contribution in [0.2, 0.25) is 0 Å². The third-order valence-electron chi connectivity index (χ3n) is 4.41. The average molecular weight is 368 g/mol. The summed E-state index contributed by atoms with van der Waals surface area (Å²) in [7, 11) is 1.67. The van der Waals surface area contributed by atoms with Gasteiger partial charge < -0.3 is 4.74 Å². The molecule has 0 radical (unpaired) electrons. The lowest BCUT2D eigenvalue weighted by Gasteiger charge is -2.14. The number of anilines is 1. The molecule has 0 aliphatic carbocycles. The Kier molecular flexibility index (Phi) is 4.27. The van der Waals surface area contributed by atoms with E-state index in [4.69, 9.17) is 4.74 Å². The summed E-state index contributed by atoms with van der Waals surface area (Å²) in [5, 5.41) is 11.7. The van der Waals surface area contributed by atoms with E-state index in [1.165, 1.54) is 15.8 Å². The Balaban J connectivity index is 1.58. The molecule has 1 aliphatic heterocycles. The highest BCUT2D eigenvalue weighted by molar-refractivity contribution is 5.90. The Morgan fingerprint density at radius 2 is 2.15 bits per heavy atom. The molecule has 1 saturated heterocycles. The Labute approximate surface area is 154 Å². The third kappa shape index (κ3) is 3.23. The average Bonchev–Trinajstić information content (AvgIpc) is 3.27. The molecule has 1 unspecified atom stereocenters. The maximum atomic E-state index is 14.7. The molecular weight excluding hydrogens is 351 g/mol. The van der Waals surface area contributed by atoms with Crippen molar-refractivity contribution in [3.05, 3.63) is 42.3 Å². The number of ether oxygens (including phenoxy) is 1. The first-order valence-electron chi connectivity index (χ1n) is 8.53. The zero-order valence-corrected chi connectivity index (χ0v) is 14.8. The van der Waals surface area contributed by atoms with E-state index in [1.54, 1.807) is 37.5 Å². The van der Waals surface area contributed by atoms with Gasteiger partial charge in [0.2, 0.25) is 5.82 Å². The quantitative estimate of drug-likeness (QED) is 0.704. The van der Waals surface area contributed by atoms with Crippen LogP contribution in [0.3, 0.4) is 0 Å². The Hall–Kier alpha value is -3.36. The summed E-state index contributed by atoms with van der Waals surface area (Å²) in [6.45, 7) is 2.37. The molecule has 0 spiro atoms. The van der Waals surface area contributed by atoms with Crippen LogP contribution in [0.25, 0.3) is 22.6 Å². The van der Waals surface area contributed by atoms with Crippen LogP contribution in [0, 0.1) is 5.82 Å². The smallest absolute Gasteiger partial charge is 0.414 e. The second-order valence-corrected chi connectivity index (χ2v) is 6.22. The first-order chi connectivity index (χ1) is 13.0. The highest BCUT2D eigenvalue weighted by atomic mass is 19.1. The van der Waals surface area contributed by atoms with Crippen LogP contribution in [0.5, 0.6) is 0 Å². The summed E-state index contributed by atoms with van der Waals surface area (Å²) in [6.07, 6.45) is 1.67. The maximum Gasteiger partial charge on any atom is 0.414 e. The van der Waals surface area contributed by atoms with Crippen LogP contribution in [0.1, 0.15) is 13.3 Å². The van der Waals surface area contributed by atoms with E-state index in [9.17, 15) is 9.18 Å². The number of carbonyl (C=O) groups is 1. The topological polar surface area (TPSA) is 86.0 Å². The van der Waals surface area contributed by atoms with Crippen molar-refractivity contribution < 1.29 is 13.9 Å². The fourth-order valence-electron chi connectivity index (χ4n) is 2.92. The van der Waals surface area contributed by atoms with Crippen molar-refractivity contribution in [2.45, 2.75) is 19.4 Å². The molecule has 1 aliphatic rings. The van der Waals surface area contributed by atoms with E-state index in [1.807, 2.05) is 6.92 Å². The van der Waals surface area contributed by atoms with Crippen molar-refractivity contribution in [1.29, 1.82) is 0 Å². The second kappa shape index (κ2) is 6.75. The summed E-state index contributed by atoms with van der Waals surface area (Å²) >= 11 is 0. The van der Waals surface area contributed by atoms with Gasteiger partial charge in [-0.15, -0.1) is 10.2 Å². The van der Waals surface area contributed by atoms with Gasteiger partial charge in [-0.25, -0.2) is 9.18 Å². The van der Waals surface area contributed by atoms with Crippen LogP contribution < -0.4 is 4.90 Å². The fourth-order valence-corrected chi connectivity index (χ4v) is 2.92. The third-order valence-corrected chi connectivity index (χ3v) is 4.41. The monoisotopic (exact) mass is 368 g/mol. The Morgan fingerprint density at radius 3 is 2.74 bits per heavy atom. The van der Waals surface area contributed by atoms with Gasteiger partial charge in [0, 0.05) is 17.3 Å². The number of rotatable bonds is 4. The predicted molar refractivity (Wildman–Crippen MR) is 95.3 cm³/mol. The number of amides is 1. The molecule has 4 rings (SSSR count). The predicted octanol–water partition coefficient (Wildman–Crippen LogP) is 2.81. The zero-order valence-electron chi connectivity index (χ0n) is 14.8. The van der Waals surface area contributed by atoms with E-state index >= 15 is 0 Å². The molecule has 0 bridgehead atoms. The van der Waals surface area contributed by atoms with Crippen molar-refractivity contribution in [3.63, 3.8) is 0 Å². The summed E-state index contributed by atoms with van der Waals surface area (Å²) < 4.78 is 19.9. The fraction of sp³-hybridized carbons (Fsp3) is 0.278. The van der Waals surface area contributed by atoms with Crippen molar-refractivity contribution >= 4 is 11.8 Å². The van der Waals surface area contributed by atoms with Gasteiger partial charge in [0.15, 0.2) is 0 Å². The minimum absolute atomic E-state index is 0.160. The molecule has 27 heavy (non-hydrogen) atoms. The number of tetrazole rings is 1. The minimum atomic E-state index is -0.448. The van der Waals surface area contributed by atoms with Crippen LogP contribution in [0.4, 0.5) is 14.9 Å². The molecule has 1 atom stereocenters. The molecule has 3 aromatic rings. The normalized spacial score (nSPS) is 16.6. The lowest BCUT2D eigenvalue weighted by atomic mass is 10.1. The van der Waals surface area contributed by atoms with Crippen molar-refractivity contribution in [1.82, 2.24) is 25.2 Å². The molecule has 1 fully saturated rings. The van der Waals surface area contributed by atoms with Crippen molar-refractivity contribution in [2.75, 3.05) is 11.4 Å². The van der Waals surface area contributed by atoms with Gasteiger partial charge in [0.1, 0.15) is 17.6 Å². The van der Waals surface area contributed by atoms with Crippen LogP contribution in [0.15, 0.2) is 36.5 Å². The first-order valence-corrected chi connectivity index (χ1v) is 8.53. The summed E-state index contributed by atoms with van der Waals surface area (Å²) in [6, 6.07) is 8.13. The Morgan fingerprint density at radius 1 is 1.30 bits per heavy atom. The van der Waals surface area contributed by atoms with Gasteiger partial charge in [-0.2, -0.15) is 4.80 Å². The lowest BCUT2D eigenvalue weighted by Crippen LogP contribution is -2.24. The number of carbonyl (C=O) groups excluding carboxylic acids is 1. The number of aryl methyl sites for hydroxylation is 1. The molecule has 2 aromatic heterocycles. The van der Waals surface area contributed by atoms with Gasteiger partial charge in [0.25, 0.3) is 0 Å². The Bertz CT molecular complexity index is 988. The zero-order chi connectivity index (χ0) is 19.0. The van der Waals surface area contributed by atoms with E-state index in [0.29, 0.717) is 34.9 Å². The number of benzene rings is 1. The maximum absolute atomic E-state index is 14.7. The highest BCUT2D eigenvalue weighted by Gasteiger charge is 2.31. The summed E-state index contributed by atoms with van der Waals surface area (Å²) in [5.74, 6) is -0.0367. The van der Waals surface area contributed by atoms with Crippen LogP contribution >= 0.6 is 0 Å². The molecule has 1 amide bonds. The van der Waals surface area contributed by atoms with Gasteiger partial charge >= 0.3 is 6.09 Å². The van der Waals surface area contributed by atoms with E-state index in [-0.39, 0.29) is 6.10 Å². The van der Waals surface area contributed by atoms with Gasteiger partial charge in [-0.1, -0.05) is 13.0 Å². The van der Waals surface area contributed by atoms with Crippen LogP contribution in [-0.2, 0) is 11.8 Å². The molecule has 1 aromatic carbocycles. The van der Waals surface area contributed by atoms with Gasteiger partial charge in [0.05, 0.1) is 19.3 Å². The molecule has 8 nitrogen and oxygen atoms in total. The van der Waals surface area contributed by atoms with E-state index < -0.39 is 11.9 Å². The summed E-state index contributed by atoms with van der Waals surface area (Å²) in [5.41, 5.74) is 2.03. The number of hydrogen-bond donors (Lipinski definition) is 0. The minimum Gasteiger partial charge on any atom is -0.444 e. The standard InChI is InChI=1S/C18H17FN6O2/c1-3-13-10-25(18(26)27-13)12-5-6-14(15(19)8-12)11-4-7-16(20-9-11)17-21-23-24(2)22-17/h4-9,13H,3,10H2,1-2H3.